The van der Waals surface area contributed by atoms with Crippen molar-refractivity contribution >= 4 is 43.8 Å². The maximum absolute atomic E-state index is 13.3. The van der Waals surface area contributed by atoms with Gasteiger partial charge in [-0.25, -0.2) is 9.59 Å². The Balaban J connectivity index is 2.36. The predicted molar refractivity (Wildman–Crippen MR) is 126 cm³/mol. The third-order valence-electron chi connectivity index (χ3n) is 5.55. The first-order chi connectivity index (χ1) is 15.3. The second-order valence-corrected chi connectivity index (χ2v) is 9.08. The molecule has 0 radical (unpaired) electrons. The Bertz CT molecular complexity index is 1090. The van der Waals surface area contributed by atoms with Gasteiger partial charge in [0.25, 0.3) is 0 Å². The first-order valence-electron chi connectivity index (χ1n) is 10.1. The molecule has 3 atom stereocenters. The highest BCUT2D eigenvalue weighted by molar-refractivity contribution is 9.10. The first-order valence-corrected chi connectivity index (χ1v) is 11.7. The fraction of sp³-hybridized carbons (Fsp3) is 0.292. The van der Waals surface area contributed by atoms with Crippen LogP contribution in [0.5, 0.6) is 0 Å². The van der Waals surface area contributed by atoms with E-state index in [2.05, 4.69) is 37.9 Å². The normalized spacial score (nSPS) is 22.3. The Kier molecular flexibility index (Phi) is 7.42. The average molecular weight is 562 g/mol. The minimum Gasteiger partial charge on any atom is -0.464 e. The summed E-state index contributed by atoms with van der Waals surface area (Å²) in [4.78, 5) is 26.4. The molecule has 3 rings (SSSR count). The zero-order chi connectivity index (χ0) is 23.5. The summed E-state index contributed by atoms with van der Waals surface area (Å²) in [6, 6.07) is 16.7. The first kappa shape index (κ1) is 24.0. The molecule has 0 aromatic heterocycles. The molecule has 0 spiro atoms. The predicted octanol–water partition coefficient (Wildman–Crippen LogP) is 4.94. The molecule has 32 heavy (non-hydrogen) atoms. The van der Waals surface area contributed by atoms with Crippen molar-refractivity contribution in [2.24, 2.45) is 11.1 Å². The highest BCUT2D eigenvalue weighted by Gasteiger charge is 2.62. The number of nitrogens with zero attached hydrogens (tertiary/aromatic N) is 1. The lowest BCUT2D eigenvalue weighted by Crippen LogP contribution is -2.40. The van der Waals surface area contributed by atoms with E-state index in [4.69, 9.17) is 15.2 Å². The molecule has 2 aromatic rings. The molecule has 1 aliphatic rings. The Morgan fingerprint density at radius 3 is 1.94 bits per heavy atom. The number of halogens is 2. The van der Waals surface area contributed by atoms with Gasteiger partial charge in [0.05, 0.1) is 30.6 Å². The lowest BCUT2D eigenvalue weighted by atomic mass is 9.69. The van der Waals surface area contributed by atoms with Crippen molar-refractivity contribution in [1.82, 2.24) is 0 Å². The van der Waals surface area contributed by atoms with Crippen LogP contribution in [-0.4, -0.2) is 25.2 Å². The second kappa shape index (κ2) is 9.88. The summed E-state index contributed by atoms with van der Waals surface area (Å²) in [6.07, 6.45) is 0. The van der Waals surface area contributed by atoms with Gasteiger partial charge in [0.2, 0.25) is 5.41 Å². The highest BCUT2D eigenvalue weighted by Crippen LogP contribution is 2.59. The van der Waals surface area contributed by atoms with Crippen molar-refractivity contribution in [3.05, 3.63) is 79.9 Å². The molecule has 1 aliphatic carbocycles. The smallest absolute Gasteiger partial charge is 0.336 e. The van der Waals surface area contributed by atoms with E-state index in [0.717, 1.165) is 14.5 Å². The molecule has 0 unspecified atom stereocenters. The van der Waals surface area contributed by atoms with Gasteiger partial charge in [-0.2, -0.15) is 5.26 Å². The lowest BCUT2D eigenvalue weighted by Gasteiger charge is -2.32. The number of hydrogen-bond donors (Lipinski definition) is 1. The minimum atomic E-state index is -1.89. The van der Waals surface area contributed by atoms with Gasteiger partial charge < -0.3 is 15.2 Å². The third-order valence-corrected chi connectivity index (χ3v) is 6.61. The van der Waals surface area contributed by atoms with Crippen LogP contribution in [0, 0.1) is 16.7 Å². The summed E-state index contributed by atoms with van der Waals surface area (Å²) in [6.45, 7) is 3.54. The van der Waals surface area contributed by atoms with Crippen LogP contribution in [0.1, 0.15) is 36.8 Å². The van der Waals surface area contributed by atoms with E-state index in [1.165, 1.54) is 0 Å². The molecule has 6 nitrogen and oxygen atoms in total. The molecule has 166 valence electrons. The number of benzene rings is 2. The number of nitriles is 1. The highest BCUT2D eigenvalue weighted by atomic mass is 79.9. The van der Waals surface area contributed by atoms with Crippen LogP contribution in [0.2, 0.25) is 0 Å². The maximum Gasteiger partial charge on any atom is 0.336 e. The molecule has 2 aromatic carbocycles. The Morgan fingerprint density at radius 2 is 1.47 bits per heavy atom. The average Bonchev–Trinajstić information content (AvgIpc) is 3.04. The van der Waals surface area contributed by atoms with E-state index < -0.39 is 29.2 Å². The summed E-state index contributed by atoms with van der Waals surface area (Å²) in [7, 11) is 0. The molecule has 2 N–H and O–H groups in total. The SMILES string of the molecule is CCOC(=O)C1=C(N)[C@](C#N)(C(=O)OCC)[C@@H](c2ccc(Br)cc2)[C@@H]1c1ccc(Br)cc1. The molecule has 0 fully saturated rings. The van der Waals surface area contributed by atoms with Crippen molar-refractivity contribution in [2.45, 2.75) is 25.7 Å². The molecule has 0 bridgehead atoms. The van der Waals surface area contributed by atoms with E-state index in [1.54, 1.807) is 13.8 Å². The fourth-order valence-corrected chi connectivity index (χ4v) is 4.74. The Labute approximate surface area is 203 Å². The molecule has 0 amide bonds. The van der Waals surface area contributed by atoms with Crippen LogP contribution in [0.3, 0.4) is 0 Å². The summed E-state index contributed by atoms with van der Waals surface area (Å²) in [5, 5.41) is 10.4. The van der Waals surface area contributed by atoms with Gasteiger partial charge in [-0.3, -0.25) is 0 Å². The molecule has 0 heterocycles. The standard InChI is InChI=1S/C24H22Br2N2O4/c1-3-31-22(29)19-18(14-5-9-16(25)10-6-14)20(15-7-11-17(26)12-8-15)24(13-27,21(19)28)23(30)32-4-2/h5-12,18,20H,3-4,28H2,1-2H3/t18-,20+,24-/m1/s1. The van der Waals surface area contributed by atoms with Crippen LogP contribution < -0.4 is 5.73 Å². The number of hydrogen-bond acceptors (Lipinski definition) is 6. The van der Waals surface area contributed by atoms with Crippen molar-refractivity contribution < 1.29 is 19.1 Å². The van der Waals surface area contributed by atoms with Crippen molar-refractivity contribution in [2.75, 3.05) is 13.2 Å². The zero-order valence-corrected chi connectivity index (χ0v) is 20.8. The molecular weight excluding hydrogens is 540 g/mol. The van der Waals surface area contributed by atoms with Gasteiger partial charge in [0.1, 0.15) is 0 Å². The topological polar surface area (TPSA) is 102 Å². The van der Waals surface area contributed by atoms with E-state index >= 15 is 0 Å². The number of nitrogens with two attached hydrogens (primary N) is 1. The van der Waals surface area contributed by atoms with Crippen molar-refractivity contribution in [3.8, 4) is 6.07 Å². The van der Waals surface area contributed by atoms with Crippen LogP contribution in [0.25, 0.3) is 0 Å². The Hall–Kier alpha value is -2.63. The molecule has 0 aliphatic heterocycles. The summed E-state index contributed by atoms with van der Waals surface area (Å²) < 4.78 is 12.3. The molecule has 0 saturated carbocycles. The Morgan fingerprint density at radius 1 is 0.969 bits per heavy atom. The van der Waals surface area contributed by atoms with Gasteiger partial charge in [-0.05, 0) is 49.2 Å². The minimum absolute atomic E-state index is 0.0697. The van der Waals surface area contributed by atoms with Gasteiger partial charge in [0, 0.05) is 20.8 Å². The van der Waals surface area contributed by atoms with Crippen LogP contribution in [-0.2, 0) is 19.1 Å². The van der Waals surface area contributed by atoms with E-state index in [0.29, 0.717) is 5.56 Å². The van der Waals surface area contributed by atoms with E-state index in [-0.39, 0.29) is 24.5 Å². The number of carbonyl (C=O) groups excluding carboxylic acids is 2. The van der Waals surface area contributed by atoms with Gasteiger partial charge in [-0.1, -0.05) is 56.1 Å². The molecular formula is C24H22Br2N2O4. The third kappa shape index (κ3) is 4.07. The lowest BCUT2D eigenvalue weighted by molar-refractivity contribution is -0.151. The number of rotatable bonds is 6. The maximum atomic E-state index is 13.3. The zero-order valence-electron chi connectivity index (χ0n) is 17.6. The van der Waals surface area contributed by atoms with E-state index in [9.17, 15) is 14.9 Å². The number of ether oxygens (including phenoxy) is 2. The molecule has 0 saturated heterocycles. The van der Waals surface area contributed by atoms with E-state index in [1.807, 2.05) is 48.5 Å². The largest absolute Gasteiger partial charge is 0.464 e. The number of carbonyl (C=O) groups is 2. The van der Waals surface area contributed by atoms with Crippen molar-refractivity contribution in [3.63, 3.8) is 0 Å². The van der Waals surface area contributed by atoms with Gasteiger partial charge >= 0.3 is 11.9 Å². The van der Waals surface area contributed by atoms with Crippen molar-refractivity contribution in [1.29, 1.82) is 5.26 Å². The second-order valence-electron chi connectivity index (χ2n) is 7.25. The fourth-order valence-electron chi connectivity index (χ4n) is 4.21. The van der Waals surface area contributed by atoms with Gasteiger partial charge in [-0.15, -0.1) is 0 Å². The quantitative estimate of drug-likeness (QED) is 0.501. The van der Waals surface area contributed by atoms with Crippen LogP contribution in [0.15, 0.2) is 68.7 Å². The number of esters is 2. The summed E-state index contributed by atoms with van der Waals surface area (Å²) in [5.74, 6) is -2.91. The van der Waals surface area contributed by atoms with Gasteiger partial charge in [0.15, 0.2) is 0 Å². The summed E-state index contributed by atoms with van der Waals surface area (Å²) >= 11 is 6.84. The van der Waals surface area contributed by atoms with Crippen LogP contribution >= 0.6 is 31.9 Å². The monoisotopic (exact) mass is 560 g/mol. The van der Waals surface area contributed by atoms with Crippen LogP contribution in [0.4, 0.5) is 0 Å². The summed E-state index contributed by atoms with van der Waals surface area (Å²) in [5.41, 5.74) is 5.99. The molecule has 8 heteroatoms.